The van der Waals surface area contributed by atoms with Crippen LogP contribution >= 0.6 is 0 Å². The van der Waals surface area contributed by atoms with Gasteiger partial charge in [-0.05, 0) is 65.0 Å². The zero-order valence-corrected chi connectivity index (χ0v) is 14.3. The van der Waals surface area contributed by atoms with Crippen LogP contribution in [0, 0.1) is 11.8 Å². The molecule has 1 aromatic rings. The smallest absolute Gasteiger partial charge is 0.120 e. The first kappa shape index (κ1) is 17.0. The highest BCUT2D eigenvalue weighted by molar-refractivity contribution is 5.37. The number of aliphatic hydroxyl groups is 1. The molecule has 1 unspecified atom stereocenters. The van der Waals surface area contributed by atoms with E-state index in [0.29, 0.717) is 6.04 Å². The van der Waals surface area contributed by atoms with Crippen molar-refractivity contribution >= 4 is 0 Å². The molecule has 0 bridgehead atoms. The average Bonchev–Trinajstić information content (AvgIpc) is 2.82. The Morgan fingerprint density at radius 2 is 2.00 bits per heavy atom. The van der Waals surface area contributed by atoms with E-state index in [-0.39, 0.29) is 0 Å². The van der Waals surface area contributed by atoms with E-state index >= 15 is 0 Å². The van der Waals surface area contributed by atoms with Crippen molar-refractivity contribution in [1.82, 2.24) is 9.80 Å². The molecule has 3 heteroatoms. The van der Waals surface area contributed by atoms with E-state index in [2.05, 4.69) is 47.9 Å². The highest BCUT2D eigenvalue weighted by atomic mass is 16.3. The van der Waals surface area contributed by atoms with Gasteiger partial charge in [-0.3, -0.25) is 0 Å². The SMILES string of the molecule is CN(Cc1ccc(C#CC(C)(C)O)cc1)CC1CCCN1C. The molecule has 0 aromatic heterocycles. The second kappa shape index (κ2) is 7.28. The summed E-state index contributed by atoms with van der Waals surface area (Å²) in [6, 6.07) is 9.02. The van der Waals surface area contributed by atoms with Crippen LogP contribution in [0.1, 0.15) is 37.8 Å². The molecule has 1 aliphatic heterocycles. The largest absolute Gasteiger partial charge is 0.378 e. The van der Waals surface area contributed by atoms with Crippen LogP contribution < -0.4 is 0 Å². The monoisotopic (exact) mass is 300 g/mol. The summed E-state index contributed by atoms with van der Waals surface area (Å²) in [5, 5.41) is 9.63. The molecule has 0 radical (unpaired) electrons. The molecule has 0 spiro atoms. The van der Waals surface area contributed by atoms with E-state index in [0.717, 1.165) is 18.7 Å². The fourth-order valence-electron chi connectivity index (χ4n) is 2.86. The normalized spacial score (nSPS) is 19.3. The van der Waals surface area contributed by atoms with Gasteiger partial charge in [0.2, 0.25) is 0 Å². The number of likely N-dealkylation sites (N-methyl/N-ethyl adjacent to an activating group) is 2. The number of hydrogen-bond acceptors (Lipinski definition) is 3. The lowest BCUT2D eigenvalue weighted by molar-refractivity contribution is 0.143. The zero-order valence-electron chi connectivity index (χ0n) is 14.3. The quantitative estimate of drug-likeness (QED) is 0.865. The Kier molecular flexibility index (Phi) is 5.63. The summed E-state index contributed by atoms with van der Waals surface area (Å²) in [5.74, 6) is 5.85. The van der Waals surface area contributed by atoms with Crippen LogP contribution in [0.4, 0.5) is 0 Å². The molecule has 1 heterocycles. The second-order valence-electron chi connectivity index (χ2n) is 6.98. The molecule has 1 N–H and O–H groups in total. The summed E-state index contributed by atoms with van der Waals surface area (Å²) in [6.07, 6.45) is 2.63. The highest BCUT2D eigenvalue weighted by Gasteiger charge is 2.21. The number of nitrogens with zero attached hydrogens (tertiary/aromatic N) is 2. The number of hydrogen-bond donors (Lipinski definition) is 1. The predicted octanol–water partition coefficient (Wildman–Crippen LogP) is 2.33. The van der Waals surface area contributed by atoms with Gasteiger partial charge in [0.25, 0.3) is 0 Å². The first-order chi connectivity index (χ1) is 10.3. The first-order valence-corrected chi connectivity index (χ1v) is 8.07. The van der Waals surface area contributed by atoms with E-state index in [1.807, 2.05) is 12.1 Å². The van der Waals surface area contributed by atoms with Crippen LogP contribution in [0.15, 0.2) is 24.3 Å². The molecule has 1 fully saturated rings. The van der Waals surface area contributed by atoms with E-state index in [9.17, 15) is 5.11 Å². The third-order valence-electron chi connectivity index (χ3n) is 4.11. The maximum Gasteiger partial charge on any atom is 0.120 e. The second-order valence-corrected chi connectivity index (χ2v) is 6.98. The minimum absolute atomic E-state index is 0.696. The van der Waals surface area contributed by atoms with Crippen molar-refractivity contribution in [1.29, 1.82) is 0 Å². The molecular weight excluding hydrogens is 272 g/mol. The minimum atomic E-state index is -0.938. The fraction of sp³-hybridized carbons (Fsp3) is 0.579. The van der Waals surface area contributed by atoms with E-state index < -0.39 is 5.60 Å². The van der Waals surface area contributed by atoms with Crippen LogP contribution in [0.3, 0.4) is 0 Å². The van der Waals surface area contributed by atoms with Crippen molar-refractivity contribution < 1.29 is 5.11 Å². The van der Waals surface area contributed by atoms with Crippen LogP contribution in [-0.4, -0.2) is 53.7 Å². The number of benzene rings is 1. The zero-order chi connectivity index (χ0) is 16.2. The third kappa shape index (κ3) is 5.46. The Bertz CT molecular complexity index is 533. The molecule has 0 saturated carbocycles. The van der Waals surface area contributed by atoms with Gasteiger partial charge in [0.05, 0.1) is 0 Å². The van der Waals surface area contributed by atoms with Gasteiger partial charge >= 0.3 is 0 Å². The molecule has 1 saturated heterocycles. The molecule has 120 valence electrons. The summed E-state index contributed by atoms with van der Waals surface area (Å²) < 4.78 is 0. The Morgan fingerprint density at radius 1 is 1.32 bits per heavy atom. The maximum atomic E-state index is 9.63. The van der Waals surface area contributed by atoms with Crippen LogP contribution in [0.25, 0.3) is 0 Å². The van der Waals surface area contributed by atoms with Gasteiger partial charge in [-0.15, -0.1) is 0 Å². The summed E-state index contributed by atoms with van der Waals surface area (Å²) in [4.78, 5) is 4.86. The molecular formula is C19H28N2O. The summed E-state index contributed by atoms with van der Waals surface area (Å²) in [7, 11) is 4.41. The Hall–Kier alpha value is -1.34. The van der Waals surface area contributed by atoms with Crippen LogP contribution in [0.2, 0.25) is 0 Å². The van der Waals surface area contributed by atoms with E-state index in [1.54, 1.807) is 13.8 Å². The van der Waals surface area contributed by atoms with Crippen molar-refractivity contribution in [2.24, 2.45) is 0 Å². The average molecular weight is 300 g/mol. The van der Waals surface area contributed by atoms with Gasteiger partial charge in [-0.1, -0.05) is 24.0 Å². The van der Waals surface area contributed by atoms with Gasteiger partial charge in [0.1, 0.15) is 5.60 Å². The molecule has 0 aliphatic carbocycles. The molecule has 1 atom stereocenters. The van der Waals surface area contributed by atoms with Crippen LogP contribution in [-0.2, 0) is 6.54 Å². The minimum Gasteiger partial charge on any atom is -0.378 e. The van der Waals surface area contributed by atoms with E-state index in [4.69, 9.17) is 0 Å². The lowest BCUT2D eigenvalue weighted by atomic mass is 10.1. The molecule has 2 rings (SSSR count). The first-order valence-electron chi connectivity index (χ1n) is 8.07. The lowest BCUT2D eigenvalue weighted by Gasteiger charge is -2.25. The Morgan fingerprint density at radius 3 is 2.55 bits per heavy atom. The van der Waals surface area contributed by atoms with Gasteiger partial charge in [0, 0.05) is 24.7 Å². The molecule has 0 amide bonds. The van der Waals surface area contributed by atoms with Crippen molar-refractivity contribution in [3.63, 3.8) is 0 Å². The van der Waals surface area contributed by atoms with Gasteiger partial charge in [-0.2, -0.15) is 0 Å². The number of rotatable bonds is 4. The Labute approximate surface area is 134 Å². The van der Waals surface area contributed by atoms with Crippen molar-refractivity contribution in [2.75, 3.05) is 27.2 Å². The van der Waals surface area contributed by atoms with Gasteiger partial charge < -0.3 is 14.9 Å². The maximum absolute atomic E-state index is 9.63. The summed E-state index contributed by atoms with van der Waals surface area (Å²) in [5.41, 5.74) is 1.31. The van der Waals surface area contributed by atoms with Crippen molar-refractivity contribution in [3.05, 3.63) is 35.4 Å². The number of likely N-dealkylation sites (tertiary alicyclic amines) is 1. The van der Waals surface area contributed by atoms with Gasteiger partial charge in [0.15, 0.2) is 0 Å². The summed E-state index contributed by atoms with van der Waals surface area (Å²) in [6.45, 7) is 6.71. The molecule has 3 nitrogen and oxygen atoms in total. The lowest BCUT2D eigenvalue weighted by Crippen LogP contribution is -2.36. The third-order valence-corrected chi connectivity index (χ3v) is 4.11. The van der Waals surface area contributed by atoms with Gasteiger partial charge in [-0.25, -0.2) is 0 Å². The fourth-order valence-corrected chi connectivity index (χ4v) is 2.86. The molecule has 22 heavy (non-hydrogen) atoms. The topological polar surface area (TPSA) is 26.7 Å². The Balaban J connectivity index is 1.89. The summed E-state index contributed by atoms with van der Waals surface area (Å²) >= 11 is 0. The standard InChI is InChI=1S/C19H28N2O/c1-19(2,22)12-11-16-7-9-17(10-8-16)14-20(3)15-18-6-5-13-21(18)4/h7-10,18,22H,5-6,13-15H2,1-4H3. The predicted molar refractivity (Wildman–Crippen MR) is 91.6 cm³/mol. The van der Waals surface area contributed by atoms with Crippen molar-refractivity contribution in [2.45, 2.75) is 44.9 Å². The van der Waals surface area contributed by atoms with Crippen molar-refractivity contribution in [3.8, 4) is 11.8 Å². The molecule has 1 aromatic carbocycles. The highest BCUT2D eigenvalue weighted by Crippen LogP contribution is 2.16. The molecule has 1 aliphatic rings. The van der Waals surface area contributed by atoms with Crippen LogP contribution in [0.5, 0.6) is 0 Å². The van der Waals surface area contributed by atoms with E-state index in [1.165, 1.54) is 24.9 Å².